The summed E-state index contributed by atoms with van der Waals surface area (Å²) < 4.78 is 27.7. The Morgan fingerprint density at radius 1 is 1.09 bits per heavy atom. The Hall–Kier alpha value is -3.66. The van der Waals surface area contributed by atoms with E-state index in [1.54, 1.807) is 55.2 Å². The Bertz CT molecular complexity index is 1450. The first-order chi connectivity index (χ1) is 16.9. The maximum absolute atomic E-state index is 12.9. The molecule has 1 atom stereocenters. The fraction of sp³-hybridized carbons (Fsp3) is 0.320. The maximum Gasteiger partial charge on any atom is 0.178 e. The van der Waals surface area contributed by atoms with Crippen LogP contribution in [0.4, 0.5) is 5.82 Å². The van der Waals surface area contributed by atoms with Crippen LogP contribution in [0.2, 0.25) is 0 Å². The Morgan fingerprint density at radius 2 is 1.89 bits per heavy atom. The summed E-state index contributed by atoms with van der Waals surface area (Å²) in [5, 5.41) is 8.49. The van der Waals surface area contributed by atoms with Crippen LogP contribution in [0.25, 0.3) is 17.1 Å². The molecule has 1 aliphatic rings. The number of benzene rings is 1. The van der Waals surface area contributed by atoms with Crippen molar-refractivity contribution in [2.75, 3.05) is 10.7 Å². The van der Waals surface area contributed by atoms with E-state index < -0.39 is 9.84 Å². The van der Waals surface area contributed by atoms with E-state index >= 15 is 0 Å². The SMILES string of the molecule is CC[C@@H]1c2nncn2-c2cnc(-c3ccncc3CCS(=O)(=O)c3ccccc3)nc2N1C(C)C. The molecule has 5 rings (SSSR count). The van der Waals surface area contributed by atoms with Gasteiger partial charge in [0.15, 0.2) is 27.3 Å². The summed E-state index contributed by atoms with van der Waals surface area (Å²) in [5.41, 5.74) is 2.39. The van der Waals surface area contributed by atoms with Crippen molar-refractivity contribution >= 4 is 15.7 Å². The highest BCUT2D eigenvalue weighted by Gasteiger charge is 2.35. The molecular formula is C25H27N7O2S. The second kappa shape index (κ2) is 9.18. The number of nitrogens with zero attached hydrogens (tertiary/aromatic N) is 7. The van der Waals surface area contributed by atoms with E-state index in [2.05, 4.69) is 45.8 Å². The number of pyridine rings is 1. The molecular weight excluding hydrogens is 462 g/mol. The summed E-state index contributed by atoms with van der Waals surface area (Å²) >= 11 is 0. The standard InChI is InChI=1S/C25H27N7O2S/c1-4-21-25-30-28-16-31(25)22-15-27-23(29-24(22)32(21)17(2)3)20-10-12-26-14-18(20)11-13-35(33,34)19-8-6-5-7-9-19/h5-10,12,14-17,21H,4,11,13H2,1-3H3/t21-/m1/s1. The smallest absolute Gasteiger partial charge is 0.178 e. The van der Waals surface area contributed by atoms with Crippen LogP contribution in [0.5, 0.6) is 0 Å². The van der Waals surface area contributed by atoms with Crippen LogP contribution in [0.3, 0.4) is 0 Å². The van der Waals surface area contributed by atoms with Gasteiger partial charge in [-0.15, -0.1) is 10.2 Å². The van der Waals surface area contributed by atoms with Crippen LogP contribution in [-0.4, -0.2) is 49.9 Å². The first-order valence-corrected chi connectivity index (χ1v) is 13.3. The lowest BCUT2D eigenvalue weighted by molar-refractivity contribution is 0.497. The van der Waals surface area contributed by atoms with Gasteiger partial charge in [-0.2, -0.15) is 0 Å². The highest BCUT2D eigenvalue weighted by atomic mass is 32.2. The lowest BCUT2D eigenvalue weighted by Gasteiger charge is -2.39. The van der Waals surface area contributed by atoms with Gasteiger partial charge in [0.2, 0.25) is 0 Å². The first kappa shape index (κ1) is 23.1. The molecule has 0 aliphatic carbocycles. The summed E-state index contributed by atoms with van der Waals surface area (Å²) in [4.78, 5) is 16.5. The van der Waals surface area contributed by atoms with Gasteiger partial charge in [0.1, 0.15) is 12.0 Å². The molecule has 35 heavy (non-hydrogen) atoms. The van der Waals surface area contributed by atoms with E-state index in [1.807, 2.05) is 10.6 Å². The zero-order valence-corrected chi connectivity index (χ0v) is 20.7. The molecule has 0 amide bonds. The molecule has 0 fully saturated rings. The molecule has 180 valence electrons. The maximum atomic E-state index is 12.9. The van der Waals surface area contributed by atoms with Gasteiger partial charge in [-0.05, 0) is 50.5 Å². The number of fused-ring (bicyclic) bond motifs is 3. The third-order valence-electron chi connectivity index (χ3n) is 6.29. The van der Waals surface area contributed by atoms with Crippen molar-refractivity contribution in [1.29, 1.82) is 0 Å². The minimum absolute atomic E-state index is 0.0270. The molecule has 0 saturated carbocycles. The van der Waals surface area contributed by atoms with Crippen molar-refractivity contribution in [3.05, 3.63) is 72.7 Å². The molecule has 0 bridgehead atoms. The zero-order valence-electron chi connectivity index (χ0n) is 19.9. The van der Waals surface area contributed by atoms with Crippen molar-refractivity contribution in [1.82, 2.24) is 29.7 Å². The van der Waals surface area contributed by atoms with Gasteiger partial charge in [-0.25, -0.2) is 18.4 Å². The van der Waals surface area contributed by atoms with E-state index in [9.17, 15) is 8.42 Å². The van der Waals surface area contributed by atoms with Crippen LogP contribution in [0, 0.1) is 0 Å². The van der Waals surface area contributed by atoms with E-state index in [-0.39, 0.29) is 17.8 Å². The average molecular weight is 490 g/mol. The lowest BCUT2D eigenvalue weighted by atomic mass is 10.1. The Morgan fingerprint density at radius 3 is 2.63 bits per heavy atom. The number of aryl methyl sites for hydroxylation is 1. The van der Waals surface area contributed by atoms with E-state index in [0.717, 1.165) is 34.9 Å². The number of hydrogen-bond acceptors (Lipinski definition) is 8. The molecule has 4 aromatic rings. The zero-order chi connectivity index (χ0) is 24.6. The Balaban J connectivity index is 1.53. The molecule has 0 saturated heterocycles. The molecule has 3 aromatic heterocycles. The molecule has 0 N–H and O–H groups in total. The summed E-state index contributed by atoms with van der Waals surface area (Å²) in [5.74, 6) is 2.20. The number of sulfone groups is 1. The van der Waals surface area contributed by atoms with Gasteiger partial charge in [-0.1, -0.05) is 25.1 Å². The number of anilines is 1. The second-order valence-electron chi connectivity index (χ2n) is 8.80. The predicted octanol–water partition coefficient (Wildman–Crippen LogP) is 3.82. The molecule has 1 aliphatic heterocycles. The van der Waals surface area contributed by atoms with E-state index in [0.29, 0.717) is 17.1 Å². The molecule has 0 spiro atoms. The number of rotatable bonds is 7. The number of aromatic nitrogens is 6. The molecule has 4 heterocycles. The van der Waals surface area contributed by atoms with E-state index in [4.69, 9.17) is 4.98 Å². The van der Waals surface area contributed by atoms with Gasteiger partial charge >= 0.3 is 0 Å². The first-order valence-electron chi connectivity index (χ1n) is 11.7. The molecule has 1 aromatic carbocycles. The number of hydrogen-bond donors (Lipinski definition) is 0. The molecule has 0 unspecified atom stereocenters. The minimum atomic E-state index is -3.42. The van der Waals surface area contributed by atoms with Gasteiger partial charge in [0, 0.05) is 24.0 Å². The van der Waals surface area contributed by atoms with Crippen molar-refractivity contribution in [3.8, 4) is 17.1 Å². The van der Waals surface area contributed by atoms with Crippen LogP contribution in [0.1, 0.15) is 44.6 Å². The van der Waals surface area contributed by atoms with Gasteiger partial charge in [0.25, 0.3) is 0 Å². The fourth-order valence-electron chi connectivity index (χ4n) is 4.60. The van der Waals surface area contributed by atoms with Crippen molar-refractivity contribution in [2.24, 2.45) is 0 Å². The molecule has 9 nitrogen and oxygen atoms in total. The minimum Gasteiger partial charge on any atom is -0.342 e. The van der Waals surface area contributed by atoms with E-state index in [1.165, 1.54) is 0 Å². The fourth-order valence-corrected chi connectivity index (χ4v) is 5.90. The highest BCUT2D eigenvalue weighted by Crippen LogP contribution is 2.39. The summed E-state index contributed by atoms with van der Waals surface area (Å²) in [6.07, 6.45) is 8.03. The van der Waals surface area contributed by atoms with Crippen LogP contribution < -0.4 is 4.90 Å². The lowest BCUT2D eigenvalue weighted by Crippen LogP contribution is -2.40. The molecule has 0 radical (unpaired) electrons. The van der Waals surface area contributed by atoms with Crippen molar-refractivity contribution in [3.63, 3.8) is 0 Å². The van der Waals surface area contributed by atoms with Gasteiger partial charge < -0.3 is 4.90 Å². The van der Waals surface area contributed by atoms with Gasteiger partial charge in [0.05, 0.1) is 22.9 Å². The quantitative estimate of drug-likeness (QED) is 0.386. The molecule has 10 heteroatoms. The largest absolute Gasteiger partial charge is 0.342 e. The van der Waals surface area contributed by atoms with Crippen LogP contribution in [0.15, 0.2) is 66.2 Å². The topological polar surface area (TPSA) is 107 Å². The Kier molecular flexibility index (Phi) is 6.06. The van der Waals surface area contributed by atoms with Crippen LogP contribution in [-0.2, 0) is 16.3 Å². The van der Waals surface area contributed by atoms with Crippen molar-refractivity contribution in [2.45, 2.75) is 50.6 Å². The van der Waals surface area contributed by atoms with Gasteiger partial charge in [-0.3, -0.25) is 9.55 Å². The third-order valence-corrected chi connectivity index (χ3v) is 8.02. The van der Waals surface area contributed by atoms with Crippen molar-refractivity contribution < 1.29 is 8.42 Å². The Labute approximate surface area is 204 Å². The van der Waals surface area contributed by atoms with Crippen LogP contribution >= 0.6 is 0 Å². The average Bonchev–Trinajstić information content (AvgIpc) is 3.37. The predicted molar refractivity (Wildman–Crippen MR) is 133 cm³/mol. The third kappa shape index (κ3) is 4.18. The second-order valence-corrected chi connectivity index (χ2v) is 10.9. The summed E-state index contributed by atoms with van der Waals surface area (Å²) in [7, 11) is -3.42. The highest BCUT2D eigenvalue weighted by molar-refractivity contribution is 7.91. The normalized spacial score (nSPS) is 15.2. The summed E-state index contributed by atoms with van der Waals surface area (Å²) in [6.45, 7) is 6.39. The monoisotopic (exact) mass is 489 g/mol. The summed E-state index contributed by atoms with van der Waals surface area (Å²) in [6, 6.07) is 10.6.